The zero-order valence-electron chi connectivity index (χ0n) is 13.4. The molecule has 0 bridgehead atoms. The van der Waals surface area contributed by atoms with Crippen molar-refractivity contribution in [3.63, 3.8) is 0 Å². The average Bonchev–Trinajstić information content (AvgIpc) is 2.57. The summed E-state index contributed by atoms with van der Waals surface area (Å²) in [6, 6.07) is 19.1. The van der Waals surface area contributed by atoms with Gasteiger partial charge in [-0.1, -0.05) is 42.5 Å². The van der Waals surface area contributed by atoms with E-state index < -0.39 is 0 Å². The molecule has 2 N–H and O–H groups in total. The number of benzene rings is 2. The lowest BCUT2D eigenvalue weighted by Gasteiger charge is -2.30. The second-order valence-electron chi connectivity index (χ2n) is 6.04. The third-order valence-electron chi connectivity index (χ3n) is 4.19. The number of rotatable bonds is 5. The molecule has 4 heteroatoms. The summed E-state index contributed by atoms with van der Waals surface area (Å²) in [4.78, 5) is 2.47. The molecular formula is C19H25ClN2O. The average molecular weight is 333 g/mol. The summed E-state index contributed by atoms with van der Waals surface area (Å²) in [7, 11) is 0. The predicted molar refractivity (Wildman–Crippen MR) is 97.0 cm³/mol. The molecule has 0 aliphatic carbocycles. The molecule has 1 saturated heterocycles. The highest BCUT2D eigenvalue weighted by Crippen LogP contribution is 2.18. The summed E-state index contributed by atoms with van der Waals surface area (Å²) in [5.74, 6) is 0.940. The summed E-state index contributed by atoms with van der Waals surface area (Å²) in [6.45, 7) is 3.78. The first-order valence-corrected chi connectivity index (χ1v) is 8.03. The maximum atomic E-state index is 5.96. The minimum absolute atomic E-state index is 0. The van der Waals surface area contributed by atoms with Crippen molar-refractivity contribution in [1.29, 1.82) is 0 Å². The maximum absolute atomic E-state index is 5.96. The topological polar surface area (TPSA) is 38.5 Å². The number of nitrogens with zero attached hydrogens (tertiary/aromatic N) is 1. The molecule has 23 heavy (non-hydrogen) atoms. The van der Waals surface area contributed by atoms with E-state index in [1.165, 1.54) is 11.1 Å². The molecule has 0 atom stereocenters. The Morgan fingerprint density at radius 2 is 1.65 bits per heavy atom. The minimum Gasteiger partial charge on any atom is -0.489 e. The molecule has 1 aliphatic rings. The SMILES string of the molecule is Cl.NC1CCN(Cc2cccc(OCc3ccccc3)c2)CC1. The van der Waals surface area contributed by atoms with Crippen molar-refractivity contribution in [3.05, 3.63) is 65.7 Å². The van der Waals surface area contributed by atoms with Gasteiger partial charge in [-0.2, -0.15) is 0 Å². The fourth-order valence-electron chi connectivity index (χ4n) is 2.84. The fourth-order valence-corrected chi connectivity index (χ4v) is 2.84. The van der Waals surface area contributed by atoms with Crippen LogP contribution in [0.15, 0.2) is 54.6 Å². The van der Waals surface area contributed by atoms with E-state index in [4.69, 9.17) is 10.5 Å². The monoisotopic (exact) mass is 332 g/mol. The van der Waals surface area contributed by atoms with Gasteiger partial charge in [0.25, 0.3) is 0 Å². The zero-order chi connectivity index (χ0) is 15.2. The summed E-state index contributed by atoms with van der Waals surface area (Å²) in [5.41, 5.74) is 8.46. The number of ether oxygens (including phenoxy) is 1. The molecule has 0 amide bonds. The lowest BCUT2D eigenvalue weighted by Crippen LogP contribution is -2.39. The maximum Gasteiger partial charge on any atom is 0.120 e. The highest BCUT2D eigenvalue weighted by Gasteiger charge is 2.15. The van der Waals surface area contributed by atoms with E-state index in [0.717, 1.165) is 38.2 Å². The van der Waals surface area contributed by atoms with Gasteiger partial charge in [-0.05, 0) is 49.2 Å². The molecule has 0 spiro atoms. The Bertz CT molecular complexity index is 583. The first kappa shape index (κ1) is 17.8. The van der Waals surface area contributed by atoms with E-state index >= 15 is 0 Å². The Labute approximate surface area is 144 Å². The van der Waals surface area contributed by atoms with Crippen LogP contribution >= 0.6 is 12.4 Å². The van der Waals surface area contributed by atoms with Crippen LogP contribution in [0, 0.1) is 0 Å². The molecule has 0 saturated carbocycles. The van der Waals surface area contributed by atoms with Crippen LogP contribution in [0.5, 0.6) is 5.75 Å². The van der Waals surface area contributed by atoms with E-state index in [9.17, 15) is 0 Å². The quantitative estimate of drug-likeness (QED) is 0.909. The molecule has 1 fully saturated rings. The number of nitrogens with two attached hydrogens (primary N) is 1. The minimum atomic E-state index is 0. The van der Waals surface area contributed by atoms with Gasteiger partial charge in [-0.25, -0.2) is 0 Å². The largest absolute Gasteiger partial charge is 0.489 e. The van der Waals surface area contributed by atoms with Crippen molar-refractivity contribution in [1.82, 2.24) is 4.90 Å². The number of halogens is 1. The lowest BCUT2D eigenvalue weighted by molar-refractivity contribution is 0.205. The highest BCUT2D eigenvalue weighted by molar-refractivity contribution is 5.85. The van der Waals surface area contributed by atoms with Crippen LogP contribution in [-0.2, 0) is 13.2 Å². The van der Waals surface area contributed by atoms with Crippen LogP contribution in [-0.4, -0.2) is 24.0 Å². The van der Waals surface area contributed by atoms with Crippen molar-refractivity contribution in [2.24, 2.45) is 5.73 Å². The molecule has 0 radical (unpaired) electrons. The van der Waals surface area contributed by atoms with Crippen molar-refractivity contribution in [2.45, 2.75) is 32.0 Å². The van der Waals surface area contributed by atoms with Gasteiger partial charge in [0, 0.05) is 12.6 Å². The van der Waals surface area contributed by atoms with Gasteiger partial charge in [-0.15, -0.1) is 12.4 Å². The number of piperidine rings is 1. The summed E-state index contributed by atoms with van der Waals surface area (Å²) in [5, 5.41) is 0. The normalized spacial score (nSPS) is 15.9. The Hall–Kier alpha value is -1.55. The standard InChI is InChI=1S/C19H24N2O.ClH/c20-18-9-11-21(12-10-18)14-17-7-4-8-19(13-17)22-15-16-5-2-1-3-6-16;/h1-8,13,18H,9-12,14-15,20H2;1H. The summed E-state index contributed by atoms with van der Waals surface area (Å²) in [6.07, 6.45) is 2.20. The van der Waals surface area contributed by atoms with Crippen molar-refractivity contribution >= 4 is 12.4 Å². The third kappa shape index (κ3) is 5.54. The molecular weight excluding hydrogens is 308 g/mol. The van der Waals surface area contributed by atoms with Crippen molar-refractivity contribution < 1.29 is 4.74 Å². The Morgan fingerprint density at radius 1 is 0.957 bits per heavy atom. The Kier molecular flexibility index (Phi) is 6.90. The van der Waals surface area contributed by atoms with Crippen molar-refractivity contribution in [2.75, 3.05) is 13.1 Å². The van der Waals surface area contributed by atoms with Gasteiger partial charge in [0.2, 0.25) is 0 Å². The molecule has 1 aliphatic heterocycles. The molecule has 124 valence electrons. The highest BCUT2D eigenvalue weighted by atomic mass is 35.5. The fraction of sp³-hybridized carbons (Fsp3) is 0.368. The van der Waals surface area contributed by atoms with Crippen LogP contribution in [0.25, 0.3) is 0 Å². The first-order chi connectivity index (χ1) is 10.8. The van der Waals surface area contributed by atoms with E-state index in [2.05, 4.69) is 35.2 Å². The second kappa shape index (κ2) is 8.92. The molecule has 0 aromatic heterocycles. The van der Waals surface area contributed by atoms with Crippen LogP contribution in [0.1, 0.15) is 24.0 Å². The zero-order valence-corrected chi connectivity index (χ0v) is 14.2. The van der Waals surface area contributed by atoms with Gasteiger partial charge in [0.15, 0.2) is 0 Å². The molecule has 2 aromatic carbocycles. The number of likely N-dealkylation sites (tertiary alicyclic amines) is 1. The van der Waals surface area contributed by atoms with Crippen LogP contribution in [0.3, 0.4) is 0 Å². The predicted octanol–water partition coefficient (Wildman–Crippen LogP) is 3.61. The third-order valence-corrected chi connectivity index (χ3v) is 4.19. The number of hydrogen-bond acceptors (Lipinski definition) is 3. The van der Waals surface area contributed by atoms with E-state index in [0.29, 0.717) is 12.6 Å². The lowest BCUT2D eigenvalue weighted by atomic mass is 10.1. The van der Waals surface area contributed by atoms with Gasteiger partial charge in [0.05, 0.1) is 0 Å². The van der Waals surface area contributed by atoms with Gasteiger partial charge < -0.3 is 10.5 Å². The Balaban J connectivity index is 0.00000192. The van der Waals surface area contributed by atoms with E-state index in [-0.39, 0.29) is 12.4 Å². The van der Waals surface area contributed by atoms with Crippen molar-refractivity contribution in [3.8, 4) is 5.75 Å². The van der Waals surface area contributed by atoms with Crippen LogP contribution in [0.4, 0.5) is 0 Å². The van der Waals surface area contributed by atoms with Gasteiger partial charge in [0.1, 0.15) is 12.4 Å². The molecule has 3 nitrogen and oxygen atoms in total. The number of hydrogen-bond donors (Lipinski definition) is 1. The van der Waals surface area contributed by atoms with Gasteiger partial charge >= 0.3 is 0 Å². The van der Waals surface area contributed by atoms with E-state index in [1.807, 2.05) is 24.3 Å². The molecule has 1 heterocycles. The summed E-state index contributed by atoms with van der Waals surface area (Å²) >= 11 is 0. The van der Waals surface area contributed by atoms with E-state index in [1.54, 1.807) is 0 Å². The molecule has 2 aromatic rings. The van der Waals surface area contributed by atoms with Crippen LogP contribution in [0.2, 0.25) is 0 Å². The van der Waals surface area contributed by atoms with Gasteiger partial charge in [-0.3, -0.25) is 4.90 Å². The van der Waals surface area contributed by atoms with Crippen LogP contribution < -0.4 is 10.5 Å². The smallest absolute Gasteiger partial charge is 0.120 e. The Morgan fingerprint density at radius 3 is 2.39 bits per heavy atom. The summed E-state index contributed by atoms with van der Waals surface area (Å²) < 4.78 is 5.90. The second-order valence-corrected chi connectivity index (χ2v) is 6.04. The first-order valence-electron chi connectivity index (χ1n) is 8.03. The molecule has 0 unspecified atom stereocenters. The molecule has 3 rings (SSSR count).